The summed E-state index contributed by atoms with van der Waals surface area (Å²) in [6.07, 6.45) is 6.25. The fraction of sp³-hybridized carbons (Fsp3) is 0.375. The van der Waals surface area contributed by atoms with Gasteiger partial charge in [-0.15, -0.1) is 0 Å². The number of nitrogens with one attached hydrogen (secondary N) is 1. The first-order valence-electron chi connectivity index (χ1n) is 6.94. The summed E-state index contributed by atoms with van der Waals surface area (Å²) in [6, 6.07) is 8.44. The van der Waals surface area contributed by atoms with E-state index in [0.29, 0.717) is 12.6 Å². The van der Waals surface area contributed by atoms with E-state index in [4.69, 9.17) is 4.74 Å². The monoisotopic (exact) mass is 271 g/mol. The van der Waals surface area contributed by atoms with Crippen molar-refractivity contribution in [2.24, 2.45) is 0 Å². The molecular formula is C16H21N3O. The minimum Gasteiger partial charge on any atom is -0.492 e. The molecule has 20 heavy (non-hydrogen) atoms. The number of ether oxygens (including phenoxy) is 1. The Hall–Kier alpha value is -1.94. The van der Waals surface area contributed by atoms with Crippen molar-refractivity contribution < 1.29 is 4.74 Å². The molecule has 0 saturated carbocycles. The normalized spacial score (nSPS) is 10.8. The largest absolute Gasteiger partial charge is 0.492 e. The van der Waals surface area contributed by atoms with Gasteiger partial charge in [0.25, 0.3) is 0 Å². The Labute approximate surface area is 120 Å². The summed E-state index contributed by atoms with van der Waals surface area (Å²) in [7, 11) is 0. The molecule has 106 valence electrons. The van der Waals surface area contributed by atoms with Crippen LogP contribution in [0.3, 0.4) is 0 Å². The molecule has 0 aliphatic carbocycles. The maximum atomic E-state index is 5.69. The first-order chi connectivity index (χ1) is 9.74. The van der Waals surface area contributed by atoms with Gasteiger partial charge in [-0.3, -0.25) is 9.97 Å². The Bertz CT molecular complexity index is 497. The second-order valence-electron chi connectivity index (χ2n) is 4.97. The maximum Gasteiger partial charge on any atom is 0.137 e. The molecule has 0 radical (unpaired) electrons. The predicted octanol–water partition coefficient (Wildman–Crippen LogP) is 2.60. The van der Waals surface area contributed by atoms with Crippen LogP contribution in [0.5, 0.6) is 5.75 Å². The van der Waals surface area contributed by atoms with Crippen LogP contribution in [0.15, 0.2) is 42.9 Å². The fourth-order valence-corrected chi connectivity index (χ4v) is 1.75. The topological polar surface area (TPSA) is 47.0 Å². The summed E-state index contributed by atoms with van der Waals surface area (Å²) >= 11 is 0. The predicted molar refractivity (Wildman–Crippen MR) is 79.6 cm³/mol. The van der Waals surface area contributed by atoms with Crippen molar-refractivity contribution >= 4 is 0 Å². The lowest BCUT2D eigenvalue weighted by Crippen LogP contribution is -2.22. The Morgan fingerprint density at radius 3 is 2.60 bits per heavy atom. The quantitative estimate of drug-likeness (QED) is 0.841. The van der Waals surface area contributed by atoms with Crippen LogP contribution in [0.2, 0.25) is 0 Å². The van der Waals surface area contributed by atoms with Gasteiger partial charge in [-0.05, 0) is 29.8 Å². The molecule has 2 aromatic heterocycles. The molecule has 4 nitrogen and oxygen atoms in total. The molecule has 0 atom stereocenters. The van der Waals surface area contributed by atoms with Crippen molar-refractivity contribution in [2.45, 2.75) is 32.9 Å². The highest BCUT2D eigenvalue weighted by molar-refractivity contribution is 5.20. The molecule has 0 fully saturated rings. The van der Waals surface area contributed by atoms with Crippen molar-refractivity contribution in [3.8, 4) is 5.75 Å². The van der Waals surface area contributed by atoms with Gasteiger partial charge in [0, 0.05) is 31.4 Å². The van der Waals surface area contributed by atoms with Crippen LogP contribution in [-0.2, 0) is 13.0 Å². The van der Waals surface area contributed by atoms with Crippen molar-refractivity contribution in [2.75, 3.05) is 6.61 Å². The molecule has 2 heterocycles. The molecule has 0 unspecified atom stereocenters. The molecule has 0 aliphatic heterocycles. The SMILES string of the molecule is CC(C)NCc1ccc(OCCc2ccncc2)cn1. The summed E-state index contributed by atoms with van der Waals surface area (Å²) in [5.74, 6) is 0.812. The van der Waals surface area contributed by atoms with E-state index < -0.39 is 0 Å². The number of pyridine rings is 2. The van der Waals surface area contributed by atoms with E-state index in [1.54, 1.807) is 18.6 Å². The van der Waals surface area contributed by atoms with Crippen LogP contribution in [0.4, 0.5) is 0 Å². The molecule has 0 bridgehead atoms. The Kier molecular flexibility index (Phi) is 5.50. The number of rotatable bonds is 7. The lowest BCUT2D eigenvalue weighted by Gasteiger charge is -2.09. The standard InChI is InChI=1S/C16H21N3O/c1-13(2)18-11-15-3-4-16(12-19-15)20-10-7-14-5-8-17-9-6-14/h3-6,8-9,12-13,18H,7,10-11H2,1-2H3. The second-order valence-corrected chi connectivity index (χ2v) is 4.97. The highest BCUT2D eigenvalue weighted by Gasteiger charge is 1.99. The lowest BCUT2D eigenvalue weighted by atomic mass is 10.2. The number of nitrogens with zero attached hydrogens (tertiary/aromatic N) is 2. The minimum absolute atomic E-state index is 0.466. The summed E-state index contributed by atoms with van der Waals surface area (Å²) in [4.78, 5) is 8.37. The van der Waals surface area contributed by atoms with E-state index in [2.05, 4.69) is 29.1 Å². The number of hydrogen-bond donors (Lipinski definition) is 1. The third kappa shape index (κ3) is 4.97. The summed E-state index contributed by atoms with van der Waals surface area (Å²) < 4.78 is 5.69. The highest BCUT2D eigenvalue weighted by atomic mass is 16.5. The van der Waals surface area contributed by atoms with Crippen molar-refractivity contribution in [1.82, 2.24) is 15.3 Å². The Morgan fingerprint density at radius 2 is 1.95 bits per heavy atom. The van der Waals surface area contributed by atoms with Crippen molar-refractivity contribution in [1.29, 1.82) is 0 Å². The van der Waals surface area contributed by atoms with E-state index in [0.717, 1.165) is 24.4 Å². The van der Waals surface area contributed by atoms with Gasteiger partial charge in [0.15, 0.2) is 0 Å². The molecule has 2 rings (SSSR count). The number of hydrogen-bond acceptors (Lipinski definition) is 4. The zero-order valence-corrected chi connectivity index (χ0v) is 12.0. The van der Waals surface area contributed by atoms with E-state index in [1.807, 2.05) is 24.3 Å². The molecular weight excluding hydrogens is 250 g/mol. The molecule has 0 aromatic carbocycles. The summed E-state index contributed by atoms with van der Waals surface area (Å²) in [5.41, 5.74) is 2.26. The molecule has 0 aliphatic rings. The molecule has 1 N–H and O–H groups in total. The first kappa shape index (κ1) is 14.5. The third-order valence-corrected chi connectivity index (χ3v) is 2.90. The summed E-state index contributed by atoms with van der Waals surface area (Å²) in [6.45, 7) is 5.68. The smallest absolute Gasteiger partial charge is 0.137 e. The van der Waals surface area contributed by atoms with E-state index >= 15 is 0 Å². The summed E-state index contributed by atoms with van der Waals surface area (Å²) in [5, 5.41) is 3.34. The van der Waals surface area contributed by atoms with Crippen molar-refractivity contribution in [3.63, 3.8) is 0 Å². The first-order valence-corrected chi connectivity index (χ1v) is 6.94. The van der Waals surface area contributed by atoms with Gasteiger partial charge in [0.2, 0.25) is 0 Å². The van der Waals surface area contributed by atoms with Crippen LogP contribution in [0.1, 0.15) is 25.1 Å². The third-order valence-electron chi connectivity index (χ3n) is 2.90. The fourth-order valence-electron chi connectivity index (χ4n) is 1.75. The Balaban J connectivity index is 1.76. The van der Waals surface area contributed by atoms with Gasteiger partial charge in [-0.25, -0.2) is 0 Å². The van der Waals surface area contributed by atoms with Gasteiger partial charge >= 0.3 is 0 Å². The van der Waals surface area contributed by atoms with Crippen LogP contribution < -0.4 is 10.1 Å². The van der Waals surface area contributed by atoms with Gasteiger partial charge < -0.3 is 10.1 Å². The minimum atomic E-state index is 0.466. The maximum absolute atomic E-state index is 5.69. The van der Waals surface area contributed by atoms with E-state index in [9.17, 15) is 0 Å². The Morgan fingerprint density at radius 1 is 1.15 bits per heavy atom. The number of aromatic nitrogens is 2. The molecule has 0 spiro atoms. The molecule has 0 saturated heterocycles. The van der Waals surface area contributed by atoms with Crippen LogP contribution in [0, 0.1) is 0 Å². The molecule has 0 amide bonds. The average molecular weight is 271 g/mol. The average Bonchev–Trinajstić information content (AvgIpc) is 2.47. The second kappa shape index (κ2) is 7.60. The van der Waals surface area contributed by atoms with Crippen LogP contribution >= 0.6 is 0 Å². The van der Waals surface area contributed by atoms with Crippen LogP contribution in [-0.4, -0.2) is 22.6 Å². The van der Waals surface area contributed by atoms with E-state index in [-0.39, 0.29) is 0 Å². The molecule has 4 heteroatoms. The van der Waals surface area contributed by atoms with Crippen molar-refractivity contribution in [3.05, 3.63) is 54.1 Å². The zero-order valence-electron chi connectivity index (χ0n) is 12.0. The van der Waals surface area contributed by atoms with Gasteiger partial charge in [0.1, 0.15) is 5.75 Å². The molecule has 2 aromatic rings. The zero-order chi connectivity index (χ0) is 14.2. The van der Waals surface area contributed by atoms with Gasteiger partial charge in [-0.2, -0.15) is 0 Å². The van der Waals surface area contributed by atoms with E-state index in [1.165, 1.54) is 5.56 Å². The highest BCUT2D eigenvalue weighted by Crippen LogP contribution is 2.10. The van der Waals surface area contributed by atoms with Gasteiger partial charge in [-0.1, -0.05) is 13.8 Å². The van der Waals surface area contributed by atoms with Crippen LogP contribution in [0.25, 0.3) is 0 Å². The lowest BCUT2D eigenvalue weighted by molar-refractivity contribution is 0.320. The van der Waals surface area contributed by atoms with Gasteiger partial charge in [0.05, 0.1) is 18.5 Å².